The number of H-pyrrole nitrogens is 1. The van der Waals surface area contributed by atoms with Crippen LogP contribution < -0.4 is 10.1 Å². The maximum atomic E-state index is 11.6. The third-order valence-corrected chi connectivity index (χ3v) is 7.26. The van der Waals surface area contributed by atoms with Crippen molar-refractivity contribution in [3.05, 3.63) is 66.7 Å². The first-order valence-corrected chi connectivity index (χ1v) is 12.6. The van der Waals surface area contributed by atoms with Gasteiger partial charge in [-0.1, -0.05) is 30.3 Å². The highest BCUT2D eigenvalue weighted by atomic mass is 32.1. The van der Waals surface area contributed by atoms with Crippen molar-refractivity contribution < 1.29 is 9.53 Å². The van der Waals surface area contributed by atoms with Crippen LogP contribution in [0.2, 0.25) is 0 Å². The molecule has 0 radical (unpaired) electrons. The SMILES string of the molecule is Cc1nn2ccc(OCCN3CCNC(=O)C3)cc2c1-c1nc(-c2ccccc2)c(-c2ncc[nH]2)s1. The summed E-state index contributed by atoms with van der Waals surface area (Å²) in [4.78, 5) is 27.5. The fourth-order valence-electron chi connectivity index (χ4n) is 4.44. The molecule has 1 aliphatic rings. The summed E-state index contributed by atoms with van der Waals surface area (Å²) in [6.45, 7) is 5.14. The Morgan fingerprint density at radius 2 is 2.08 bits per heavy atom. The van der Waals surface area contributed by atoms with Crippen LogP contribution in [0.4, 0.5) is 0 Å². The summed E-state index contributed by atoms with van der Waals surface area (Å²) in [6, 6.07) is 14.1. The Bertz CT molecular complexity index is 1510. The molecule has 0 bridgehead atoms. The quantitative estimate of drug-likeness (QED) is 0.355. The van der Waals surface area contributed by atoms with E-state index in [1.165, 1.54) is 0 Å². The topological polar surface area (TPSA) is 100 Å². The second-order valence-corrected chi connectivity index (χ2v) is 9.63. The van der Waals surface area contributed by atoms with E-state index in [2.05, 4.69) is 32.3 Å². The number of aryl methyl sites for hydroxylation is 1. The molecule has 0 unspecified atom stereocenters. The Morgan fingerprint density at radius 1 is 1.19 bits per heavy atom. The maximum absolute atomic E-state index is 11.6. The molecular formula is C26H25N7O2S. The predicted molar refractivity (Wildman–Crippen MR) is 139 cm³/mol. The molecule has 5 aromatic rings. The van der Waals surface area contributed by atoms with Gasteiger partial charge in [0.25, 0.3) is 0 Å². The molecule has 1 amide bonds. The number of nitrogens with zero attached hydrogens (tertiary/aromatic N) is 5. The van der Waals surface area contributed by atoms with Crippen molar-refractivity contribution in [3.8, 4) is 38.3 Å². The van der Waals surface area contributed by atoms with Crippen LogP contribution in [0, 0.1) is 6.92 Å². The smallest absolute Gasteiger partial charge is 0.234 e. The van der Waals surface area contributed by atoms with Crippen molar-refractivity contribution >= 4 is 22.8 Å². The fraction of sp³-hybridized carbons (Fsp3) is 0.231. The molecule has 1 fully saturated rings. The Morgan fingerprint density at radius 3 is 2.89 bits per heavy atom. The van der Waals surface area contributed by atoms with E-state index in [9.17, 15) is 4.79 Å². The van der Waals surface area contributed by atoms with E-state index in [-0.39, 0.29) is 5.91 Å². The van der Waals surface area contributed by atoms with Gasteiger partial charge in [0.2, 0.25) is 5.91 Å². The van der Waals surface area contributed by atoms with Gasteiger partial charge in [0.1, 0.15) is 23.2 Å². The summed E-state index contributed by atoms with van der Waals surface area (Å²) < 4.78 is 7.93. The summed E-state index contributed by atoms with van der Waals surface area (Å²) in [5, 5.41) is 8.44. The van der Waals surface area contributed by atoms with Gasteiger partial charge < -0.3 is 15.0 Å². The molecule has 0 aliphatic carbocycles. The fourth-order valence-corrected chi connectivity index (χ4v) is 5.60. The summed E-state index contributed by atoms with van der Waals surface area (Å²) in [5.41, 5.74) is 4.74. The minimum atomic E-state index is 0.0642. The van der Waals surface area contributed by atoms with Crippen molar-refractivity contribution in [1.29, 1.82) is 0 Å². The van der Waals surface area contributed by atoms with Crippen LogP contribution in [0.1, 0.15) is 5.69 Å². The van der Waals surface area contributed by atoms with E-state index >= 15 is 0 Å². The van der Waals surface area contributed by atoms with Crippen LogP contribution in [0.25, 0.3) is 38.0 Å². The molecule has 4 aromatic heterocycles. The number of imidazole rings is 1. The van der Waals surface area contributed by atoms with E-state index in [4.69, 9.17) is 14.8 Å². The number of thiazole rings is 1. The van der Waals surface area contributed by atoms with Gasteiger partial charge >= 0.3 is 0 Å². The number of piperazine rings is 1. The molecule has 10 heteroatoms. The van der Waals surface area contributed by atoms with Gasteiger partial charge in [-0.15, -0.1) is 11.3 Å². The average Bonchev–Trinajstić information content (AvgIpc) is 3.62. The Balaban J connectivity index is 1.33. The Hall–Kier alpha value is -4.02. The van der Waals surface area contributed by atoms with Gasteiger partial charge in [0, 0.05) is 49.9 Å². The number of nitrogens with one attached hydrogen (secondary N) is 2. The summed E-state index contributed by atoms with van der Waals surface area (Å²) in [5.74, 6) is 1.62. The third kappa shape index (κ3) is 4.36. The average molecular weight is 500 g/mol. The molecule has 182 valence electrons. The number of aromatic nitrogens is 5. The van der Waals surface area contributed by atoms with Crippen molar-refractivity contribution in [2.75, 3.05) is 32.8 Å². The number of carbonyl (C=O) groups is 1. The Labute approximate surface area is 211 Å². The van der Waals surface area contributed by atoms with Crippen LogP contribution in [-0.4, -0.2) is 68.2 Å². The van der Waals surface area contributed by atoms with Crippen molar-refractivity contribution in [2.24, 2.45) is 0 Å². The number of fused-ring (bicyclic) bond motifs is 1. The number of benzene rings is 1. The second-order valence-electron chi connectivity index (χ2n) is 8.63. The molecule has 0 atom stereocenters. The number of hydrogen-bond donors (Lipinski definition) is 2. The maximum Gasteiger partial charge on any atom is 0.234 e. The number of pyridine rings is 1. The largest absolute Gasteiger partial charge is 0.492 e. The van der Waals surface area contributed by atoms with E-state index in [0.29, 0.717) is 26.2 Å². The van der Waals surface area contributed by atoms with Crippen molar-refractivity contribution in [1.82, 2.24) is 34.8 Å². The number of hydrogen-bond acceptors (Lipinski definition) is 7. The van der Waals surface area contributed by atoms with Crippen LogP contribution >= 0.6 is 11.3 Å². The first kappa shape index (κ1) is 22.4. The summed E-state index contributed by atoms with van der Waals surface area (Å²) in [7, 11) is 0. The summed E-state index contributed by atoms with van der Waals surface area (Å²) in [6.07, 6.45) is 5.49. The molecular weight excluding hydrogens is 474 g/mol. The number of aromatic amines is 1. The first-order valence-electron chi connectivity index (χ1n) is 11.8. The molecule has 6 rings (SSSR count). The molecule has 5 heterocycles. The minimum Gasteiger partial charge on any atom is -0.492 e. The number of amides is 1. The van der Waals surface area contributed by atoms with Gasteiger partial charge in [-0.3, -0.25) is 9.69 Å². The monoisotopic (exact) mass is 499 g/mol. The second kappa shape index (κ2) is 9.56. The lowest BCUT2D eigenvalue weighted by Crippen LogP contribution is -2.48. The van der Waals surface area contributed by atoms with Crippen LogP contribution in [0.15, 0.2) is 61.1 Å². The molecule has 2 N–H and O–H groups in total. The van der Waals surface area contributed by atoms with Crippen molar-refractivity contribution in [3.63, 3.8) is 0 Å². The summed E-state index contributed by atoms with van der Waals surface area (Å²) >= 11 is 1.60. The standard InChI is InChI=1S/C26H25N7O2S/c1-17-22(26-30-23(18-5-3-2-4-6-18)24(36-26)25-28-8-9-29-25)20-15-19(7-11-33(20)31-17)35-14-13-32-12-10-27-21(34)16-32/h2-9,11,15H,10,12-14,16H2,1H3,(H,27,34)(H,28,29). The van der Waals surface area contributed by atoms with Crippen LogP contribution in [0.5, 0.6) is 5.75 Å². The molecule has 9 nitrogen and oxygen atoms in total. The molecule has 0 saturated carbocycles. The van der Waals surface area contributed by atoms with Gasteiger partial charge in [-0.2, -0.15) is 5.10 Å². The van der Waals surface area contributed by atoms with E-state index < -0.39 is 0 Å². The lowest BCUT2D eigenvalue weighted by Gasteiger charge is -2.26. The minimum absolute atomic E-state index is 0.0642. The predicted octanol–water partition coefficient (Wildman–Crippen LogP) is 3.63. The van der Waals surface area contributed by atoms with E-state index in [1.807, 2.05) is 54.2 Å². The highest BCUT2D eigenvalue weighted by Crippen LogP contribution is 2.41. The number of ether oxygens (including phenoxy) is 1. The van der Waals surface area contributed by atoms with Crippen LogP contribution in [-0.2, 0) is 4.79 Å². The van der Waals surface area contributed by atoms with Gasteiger partial charge in [-0.25, -0.2) is 14.5 Å². The molecule has 36 heavy (non-hydrogen) atoms. The lowest BCUT2D eigenvalue weighted by atomic mass is 10.1. The normalized spacial score (nSPS) is 14.3. The zero-order valence-electron chi connectivity index (χ0n) is 19.8. The highest BCUT2D eigenvalue weighted by molar-refractivity contribution is 7.19. The third-order valence-electron chi connectivity index (χ3n) is 6.18. The molecule has 1 aromatic carbocycles. The van der Waals surface area contributed by atoms with Crippen LogP contribution in [0.3, 0.4) is 0 Å². The van der Waals surface area contributed by atoms with Gasteiger partial charge in [0.15, 0.2) is 0 Å². The van der Waals surface area contributed by atoms with E-state index in [0.717, 1.165) is 56.0 Å². The first-order chi connectivity index (χ1) is 17.7. The zero-order valence-corrected chi connectivity index (χ0v) is 20.6. The number of carbonyl (C=O) groups excluding carboxylic acids is 1. The van der Waals surface area contributed by atoms with E-state index in [1.54, 1.807) is 17.5 Å². The lowest BCUT2D eigenvalue weighted by molar-refractivity contribution is -0.124. The zero-order chi connectivity index (χ0) is 24.5. The van der Waals surface area contributed by atoms with Gasteiger partial charge in [-0.05, 0) is 13.0 Å². The molecule has 1 saturated heterocycles. The Kier molecular flexibility index (Phi) is 5.96. The van der Waals surface area contributed by atoms with Gasteiger partial charge in [0.05, 0.1) is 33.9 Å². The molecule has 0 spiro atoms. The molecule has 1 aliphatic heterocycles. The highest BCUT2D eigenvalue weighted by Gasteiger charge is 2.22. The van der Waals surface area contributed by atoms with Crippen molar-refractivity contribution in [2.45, 2.75) is 6.92 Å². The number of rotatable bonds is 7.